The Morgan fingerprint density at radius 3 is 2.63 bits per heavy atom. The normalized spacial score (nSPS) is 33.3. The number of methoxy groups -OCH3 is 1. The Bertz CT molecular complexity index is 1410. The van der Waals surface area contributed by atoms with Gasteiger partial charge in [0.1, 0.15) is 24.4 Å². The molecule has 1 aliphatic carbocycles. The summed E-state index contributed by atoms with van der Waals surface area (Å²) >= 11 is 0. The molecule has 1 aromatic carbocycles. The third-order valence-corrected chi connectivity index (χ3v) is 8.49. The summed E-state index contributed by atoms with van der Waals surface area (Å²) in [6.07, 6.45) is -3.84. The standard InChI is InChI=1S/C29H33NO11/c1-37-27-25(41-29-24(35)23(34)22(33)19(11-31)40-29)17-9-15-13(5-3-2-4-6-38-28(15)36)7-16(17)21-18(12-39-26(21)27)14-8-20(32)30-10-14/h12-15,19,22-24,29,31,33-35H,2,4,6-11H2,1H3,(H,30,32)/t13-,14+,15+,19-,22-,23+,24-,29+/m1/s1. The van der Waals surface area contributed by atoms with E-state index in [0.717, 1.165) is 16.5 Å². The molecule has 5 N–H and O–H groups in total. The van der Waals surface area contributed by atoms with Crippen LogP contribution in [0, 0.1) is 23.7 Å². The van der Waals surface area contributed by atoms with Gasteiger partial charge in [-0.2, -0.15) is 0 Å². The lowest BCUT2D eigenvalue weighted by molar-refractivity contribution is -0.277. The fraction of sp³-hybridized carbons (Fsp3) is 0.586. The SMILES string of the molecule is COc1c(O[C@@H]2O[C@H](CO)[C@@H](O)[C@H](O)[C@H]2O)c2c(c3c([C@@H]4CNC(=O)C4)coc13)C[C@H]1C#CCCCOC(=O)[C@H]1C2. The van der Waals surface area contributed by atoms with Gasteiger partial charge in [0.2, 0.25) is 17.9 Å². The smallest absolute Gasteiger partial charge is 0.310 e. The summed E-state index contributed by atoms with van der Waals surface area (Å²) in [4.78, 5) is 25.3. The molecule has 2 fully saturated rings. The van der Waals surface area contributed by atoms with E-state index in [1.807, 2.05) is 0 Å². The number of aliphatic hydroxyl groups is 4. The minimum atomic E-state index is -1.66. The Balaban J connectivity index is 1.51. The van der Waals surface area contributed by atoms with E-state index < -0.39 is 43.2 Å². The molecule has 0 saturated carbocycles. The molecule has 12 nitrogen and oxygen atoms in total. The highest BCUT2D eigenvalue weighted by Gasteiger charge is 2.47. The molecule has 8 atom stereocenters. The number of hydrogen-bond donors (Lipinski definition) is 5. The van der Waals surface area contributed by atoms with E-state index >= 15 is 0 Å². The van der Waals surface area contributed by atoms with Gasteiger partial charge in [-0.25, -0.2) is 0 Å². The number of carbonyl (C=O) groups excluding carboxylic acids is 2. The van der Waals surface area contributed by atoms with Crippen LogP contribution in [0.4, 0.5) is 0 Å². The maximum atomic E-state index is 13.2. The molecule has 2 aromatic rings. The zero-order valence-corrected chi connectivity index (χ0v) is 22.5. The number of fused-ring (bicyclic) bond motifs is 4. The average Bonchev–Trinajstić information content (AvgIpc) is 3.62. The molecular weight excluding hydrogens is 538 g/mol. The Morgan fingerprint density at radius 2 is 1.90 bits per heavy atom. The molecule has 6 rings (SSSR count). The summed E-state index contributed by atoms with van der Waals surface area (Å²) in [6, 6.07) is 0. The van der Waals surface area contributed by atoms with Crippen molar-refractivity contribution < 1.29 is 53.4 Å². The highest BCUT2D eigenvalue weighted by Crippen LogP contribution is 2.50. The van der Waals surface area contributed by atoms with E-state index in [9.17, 15) is 30.0 Å². The maximum Gasteiger partial charge on any atom is 0.310 e. The first-order valence-corrected chi connectivity index (χ1v) is 13.8. The van der Waals surface area contributed by atoms with E-state index in [1.54, 1.807) is 6.26 Å². The molecule has 0 bridgehead atoms. The summed E-state index contributed by atoms with van der Waals surface area (Å²) in [7, 11) is 1.43. The number of benzene rings is 1. The van der Waals surface area contributed by atoms with Crippen molar-refractivity contribution in [1.82, 2.24) is 5.32 Å². The van der Waals surface area contributed by atoms with Crippen molar-refractivity contribution in [2.75, 3.05) is 26.9 Å². The van der Waals surface area contributed by atoms with E-state index in [4.69, 9.17) is 23.4 Å². The maximum absolute atomic E-state index is 13.2. The summed E-state index contributed by atoms with van der Waals surface area (Å²) in [5, 5.41) is 44.6. The first-order chi connectivity index (χ1) is 19.8. The average molecular weight is 572 g/mol. The fourth-order valence-corrected chi connectivity index (χ4v) is 6.30. The monoisotopic (exact) mass is 571 g/mol. The molecule has 41 heavy (non-hydrogen) atoms. The number of esters is 1. The van der Waals surface area contributed by atoms with Crippen LogP contribution in [0.2, 0.25) is 0 Å². The second kappa shape index (κ2) is 11.2. The Labute approximate surface area is 235 Å². The van der Waals surface area contributed by atoms with Gasteiger partial charge >= 0.3 is 5.97 Å². The van der Waals surface area contributed by atoms with Gasteiger partial charge in [-0.05, 0) is 24.8 Å². The number of carbonyl (C=O) groups is 2. The number of nitrogens with one attached hydrogen (secondary N) is 1. The molecule has 0 spiro atoms. The number of amides is 1. The molecule has 1 amide bonds. The number of furan rings is 1. The van der Waals surface area contributed by atoms with Crippen LogP contribution in [0.15, 0.2) is 10.7 Å². The second-order valence-corrected chi connectivity index (χ2v) is 10.9. The van der Waals surface area contributed by atoms with Crippen molar-refractivity contribution in [3.63, 3.8) is 0 Å². The van der Waals surface area contributed by atoms with Crippen LogP contribution < -0.4 is 14.8 Å². The lowest BCUT2D eigenvalue weighted by Crippen LogP contribution is -2.60. The topological polar surface area (TPSA) is 177 Å². The Hall–Kier alpha value is -3.34. The predicted molar refractivity (Wildman–Crippen MR) is 140 cm³/mol. The summed E-state index contributed by atoms with van der Waals surface area (Å²) < 4.78 is 29.2. The minimum Gasteiger partial charge on any atom is -0.490 e. The quantitative estimate of drug-likeness (QED) is 0.239. The molecule has 0 unspecified atom stereocenters. The van der Waals surface area contributed by atoms with Crippen LogP contribution >= 0.6 is 0 Å². The van der Waals surface area contributed by atoms with Gasteiger partial charge in [-0.1, -0.05) is 5.92 Å². The number of rotatable bonds is 5. The van der Waals surface area contributed by atoms with Gasteiger partial charge in [0.25, 0.3) is 0 Å². The second-order valence-electron chi connectivity index (χ2n) is 10.9. The van der Waals surface area contributed by atoms with Crippen molar-refractivity contribution in [3.8, 4) is 23.3 Å². The highest BCUT2D eigenvalue weighted by molar-refractivity contribution is 5.95. The molecule has 220 valence electrons. The van der Waals surface area contributed by atoms with Crippen molar-refractivity contribution in [2.45, 2.75) is 68.7 Å². The van der Waals surface area contributed by atoms with E-state index in [2.05, 4.69) is 17.2 Å². The zero-order chi connectivity index (χ0) is 28.8. The van der Waals surface area contributed by atoms with Gasteiger partial charge in [0.15, 0.2) is 11.3 Å². The molecule has 4 aliphatic rings. The third kappa shape index (κ3) is 4.81. The zero-order valence-electron chi connectivity index (χ0n) is 22.5. The van der Waals surface area contributed by atoms with Crippen LogP contribution in [0.1, 0.15) is 41.9 Å². The van der Waals surface area contributed by atoms with Crippen molar-refractivity contribution in [1.29, 1.82) is 0 Å². The van der Waals surface area contributed by atoms with Gasteiger partial charge in [-0.3, -0.25) is 9.59 Å². The fourth-order valence-electron chi connectivity index (χ4n) is 6.30. The first-order valence-electron chi connectivity index (χ1n) is 13.8. The van der Waals surface area contributed by atoms with Gasteiger partial charge < -0.3 is 49.1 Å². The lowest BCUT2D eigenvalue weighted by atomic mass is 9.73. The van der Waals surface area contributed by atoms with Gasteiger partial charge in [0, 0.05) is 47.7 Å². The third-order valence-electron chi connectivity index (χ3n) is 8.49. The number of ether oxygens (including phenoxy) is 4. The van der Waals surface area contributed by atoms with Crippen LogP contribution in [0.5, 0.6) is 11.5 Å². The lowest BCUT2D eigenvalue weighted by Gasteiger charge is -2.40. The van der Waals surface area contributed by atoms with E-state index in [-0.39, 0.29) is 48.2 Å². The van der Waals surface area contributed by atoms with Crippen LogP contribution in [0.25, 0.3) is 11.0 Å². The van der Waals surface area contributed by atoms with Crippen LogP contribution in [-0.4, -0.2) is 89.9 Å². The van der Waals surface area contributed by atoms with Gasteiger partial charge in [-0.15, -0.1) is 5.92 Å². The molecular formula is C29H33NO11. The molecule has 0 radical (unpaired) electrons. The molecule has 12 heteroatoms. The van der Waals surface area contributed by atoms with Crippen LogP contribution in [0.3, 0.4) is 0 Å². The number of cyclic esters (lactones) is 1. The molecule has 3 aliphatic heterocycles. The molecule has 1 aromatic heterocycles. The summed E-state index contributed by atoms with van der Waals surface area (Å²) in [6.45, 7) is 0.101. The Morgan fingerprint density at radius 1 is 1.07 bits per heavy atom. The number of aliphatic hydroxyl groups excluding tert-OH is 4. The van der Waals surface area contributed by atoms with Crippen molar-refractivity contribution >= 4 is 22.8 Å². The van der Waals surface area contributed by atoms with E-state index in [1.165, 1.54) is 7.11 Å². The number of hydrogen-bond acceptors (Lipinski definition) is 11. The first kappa shape index (κ1) is 27.8. The van der Waals surface area contributed by atoms with Crippen molar-refractivity contribution in [2.24, 2.45) is 11.8 Å². The molecule has 2 saturated heterocycles. The van der Waals surface area contributed by atoms with Crippen LogP contribution in [-0.2, 0) is 31.9 Å². The predicted octanol–water partition coefficient (Wildman–Crippen LogP) is -0.105. The Kier molecular flexibility index (Phi) is 7.56. The minimum absolute atomic E-state index is 0.0577. The highest BCUT2D eigenvalue weighted by atomic mass is 16.7. The van der Waals surface area contributed by atoms with Gasteiger partial charge in [0.05, 0.1) is 32.5 Å². The summed E-state index contributed by atoms with van der Waals surface area (Å²) in [5.74, 6) is 5.28. The van der Waals surface area contributed by atoms with E-state index in [0.29, 0.717) is 43.4 Å². The molecule has 4 heterocycles. The van der Waals surface area contributed by atoms with Crippen molar-refractivity contribution in [3.05, 3.63) is 23.0 Å². The largest absolute Gasteiger partial charge is 0.490 e. The summed E-state index contributed by atoms with van der Waals surface area (Å²) in [5.41, 5.74) is 2.60.